The number of fused-ring (bicyclic) bond motifs is 4. The molecule has 1 aromatic carbocycles. The summed E-state index contributed by atoms with van der Waals surface area (Å²) in [6, 6.07) is 8.37. The smallest absolute Gasteiger partial charge is 0.156 e. The zero-order valence-corrected chi connectivity index (χ0v) is 17.5. The molecule has 0 spiro atoms. The van der Waals surface area contributed by atoms with E-state index in [0.29, 0.717) is 30.0 Å². The van der Waals surface area contributed by atoms with Gasteiger partial charge < -0.3 is 5.73 Å². The summed E-state index contributed by atoms with van der Waals surface area (Å²) in [5.74, 6) is 2.28. The summed E-state index contributed by atoms with van der Waals surface area (Å²) in [5.41, 5.74) is 12.5. The number of allylic oxidation sites excluding steroid dienone is 4. The van der Waals surface area contributed by atoms with E-state index in [1.54, 1.807) is 12.5 Å². The topological polar surface area (TPSA) is 60.2 Å². The molecular formula is C26H31NO2. The van der Waals surface area contributed by atoms with Crippen molar-refractivity contribution in [3.05, 3.63) is 52.6 Å². The fraction of sp³-hybridized carbons (Fsp3) is 0.538. The summed E-state index contributed by atoms with van der Waals surface area (Å²) < 4.78 is 0. The number of carbonyl (C=O) groups excluding carboxylic acids is 2. The number of hydrogen-bond acceptors (Lipinski definition) is 3. The van der Waals surface area contributed by atoms with E-state index in [1.165, 1.54) is 16.7 Å². The van der Waals surface area contributed by atoms with Gasteiger partial charge in [-0.3, -0.25) is 9.59 Å². The van der Waals surface area contributed by atoms with Crippen LogP contribution >= 0.6 is 0 Å². The lowest BCUT2D eigenvalue weighted by molar-refractivity contribution is -0.125. The van der Waals surface area contributed by atoms with E-state index in [0.717, 1.165) is 44.2 Å². The Bertz CT molecular complexity index is 938. The summed E-state index contributed by atoms with van der Waals surface area (Å²) in [7, 11) is 0. The number of hydrogen-bond donors (Lipinski definition) is 1. The molecule has 1 aromatic rings. The van der Waals surface area contributed by atoms with Crippen molar-refractivity contribution in [1.29, 1.82) is 0 Å². The molecule has 0 radical (unpaired) electrons. The number of nitrogens with two attached hydrogens (primary N) is 1. The van der Waals surface area contributed by atoms with E-state index in [-0.39, 0.29) is 17.1 Å². The van der Waals surface area contributed by atoms with Crippen LogP contribution in [0, 0.1) is 23.2 Å². The lowest BCUT2D eigenvalue weighted by Crippen LogP contribution is -2.44. The number of nitrogen functional groups attached to an aromatic ring is 1. The van der Waals surface area contributed by atoms with Crippen LogP contribution in [0.2, 0.25) is 0 Å². The Morgan fingerprint density at radius 2 is 1.83 bits per heavy atom. The fourth-order valence-corrected chi connectivity index (χ4v) is 7.35. The van der Waals surface area contributed by atoms with E-state index >= 15 is 0 Å². The fourth-order valence-electron chi connectivity index (χ4n) is 7.35. The maximum absolute atomic E-state index is 12.5. The Morgan fingerprint density at radius 3 is 2.55 bits per heavy atom. The molecule has 2 N–H and O–H groups in total. The van der Waals surface area contributed by atoms with Crippen LogP contribution in [-0.4, -0.2) is 11.6 Å². The predicted molar refractivity (Wildman–Crippen MR) is 115 cm³/mol. The van der Waals surface area contributed by atoms with Gasteiger partial charge in [0.05, 0.1) is 0 Å². The lowest BCUT2D eigenvalue weighted by Gasteiger charge is -2.52. The first-order valence-corrected chi connectivity index (χ1v) is 11.2. The van der Waals surface area contributed by atoms with Gasteiger partial charge in [0.15, 0.2) is 5.78 Å². The van der Waals surface area contributed by atoms with Crippen molar-refractivity contribution in [1.82, 2.24) is 0 Å². The lowest BCUT2D eigenvalue weighted by atomic mass is 9.51. The average molecular weight is 390 g/mol. The van der Waals surface area contributed by atoms with Gasteiger partial charge in [0.1, 0.15) is 5.78 Å². The van der Waals surface area contributed by atoms with Crippen molar-refractivity contribution in [3.8, 4) is 0 Å². The highest BCUT2D eigenvalue weighted by atomic mass is 16.1. The van der Waals surface area contributed by atoms with Gasteiger partial charge in [0.2, 0.25) is 0 Å². The standard InChI is InChI=1S/C26H31NO2/c1-15(28)23-11-12-24-21-9-5-17-13-19(29)8-10-20(17)25(21)22(14-26(23,24)2)16-3-6-18(27)7-4-16/h3-4,6-7,13,21-24H,5,8-12,14,27H2,1-2H3/t21-,22?,23+,24-,26+/m0/s1. The summed E-state index contributed by atoms with van der Waals surface area (Å²) in [5, 5.41) is 0. The van der Waals surface area contributed by atoms with Gasteiger partial charge in [-0.15, -0.1) is 0 Å². The summed E-state index contributed by atoms with van der Waals surface area (Å²) in [4.78, 5) is 24.6. The van der Waals surface area contributed by atoms with Crippen LogP contribution in [0.1, 0.15) is 70.3 Å². The Labute approximate surface area is 173 Å². The van der Waals surface area contributed by atoms with Gasteiger partial charge in [-0.25, -0.2) is 0 Å². The molecule has 2 fully saturated rings. The van der Waals surface area contributed by atoms with Gasteiger partial charge in [-0.05, 0) is 97.6 Å². The zero-order chi connectivity index (χ0) is 20.3. The third-order valence-corrected chi connectivity index (χ3v) is 8.56. The maximum Gasteiger partial charge on any atom is 0.156 e. The highest BCUT2D eigenvalue weighted by Gasteiger charge is 2.57. The van der Waals surface area contributed by atoms with Crippen molar-refractivity contribution in [2.45, 2.75) is 64.7 Å². The third-order valence-electron chi connectivity index (χ3n) is 8.56. The van der Waals surface area contributed by atoms with Crippen molar-refractivity contribution in [3.63, 3.8) is 0 Å². The molecule has 2 saturated carbocycles. The summed E-state index contributed by atoms with van der Waals surface area (Å²) >= 11 is 0. The highest BCUT2D eigenvalue weighted by molar-refractivity contribution is 5.93. The van der Waals surface area contributed by atoms with Crippen molar-refractivity contribution in [2.24, 2.45) is 23.2 Å². The molecule has 0 aliphatic heterocycles. The van der Waals surface area contributed by atoms with Crippen LogP contribution < -0.4 is 5.73 Å². The molecule has 0 amide bonds. The van der Waals surface area contributed by atoms with Gasteiger partial charge in [-0.1, -0.05) is 24.6 Å². The van der Waals surface area contributed by atoms with Gasteiger partial charge in [0.25, 0.3) is 0 Å². The molecule has 5 rings (SSSR count). The van der Waals surface area contributed by atoms with Crippen molar-refractivity contribution < 1.29 is 9.59 Å². The van der Waals surface area contributed by atoms with E-state index in [4.69, 9.17) is 5.73 Å². The second-order valence-corrected chi connectivity index (χ2v) is 9.99. The van der Waals surface area contributed by atoms with Crippen LogP contribution in [0.5, 0.6) is 0 Å². The van der Waals surface area contributed by atoms with Crippen LogP contribution in [0.3, 0.4) is 0 Å². The normalized spacial score (nSPS) is 36.2. The number of rotatable bonds is 2. The molecule has 4 aliphatic carbocycles. The highest BCUT2D eigenvalue weighted by Crippen LogP contribution is 2.65. The molecule has 4 aliphatic rings. The van der Waals surface area contributed by atoms with E-state index in [1.807, 2.05) is 18.2 Å². The molecule has 1 unspecified atom stereocenters. The van der Waals surface area contributed by atoms with Crippen LogP contribution in [-0.2, 0) is 9.59 Å². The minimum absolute atomic E-state index is 0.0678. The van der Waals surface area contributed by atoms with Crippen molar-refractivity contribution in [2.75, 3.05) is 5.73 Å². The number of Topliss-reactive ketones (excluding diaryl/α,β-unsaturated/α-hetero) is 1. The molecule has 3 heteroatoms. The first-order chi connectivity index (χ1) is 13.9. The van der Waals surface area contributed by atoms with E-state index < -0.39 is 0 Å². The van der Waals surface area contributed by atoms with Crippen LogP contribution in [0.25, 0.3) is 0 Å². The second kappa shape index (κ2) is 6.68. The van der Waals surface area contributed by atoms with E-state index in [2.05, 4.69) is 19.1 Å². The monoisotopic (exact) mass is 389 g/mol. The molecule has 0 heterocycles. The average Bonchev–Trinajstić information content (AvgIpc) is 3.04. The Morgan fingerprint density at radius 1 is 1.07 bits per heavy atom. The second-order valence-electron chi connectivity index (χ2n) is 9.99. The first-order valence-electron chi connectivity index (χ1n) is 11.2. The molecule has 152 valence electrons. The van der Waals surface area contributed by atoms with Crippen LogP contribution in [0.15, 0.2) is 47.1 Å². The molecule has 0 bridgehead atoms. The molecule has 0 saturated heterocycles. The molecular weight excluding hydrogens is 358 g/mol. The van der Waals surface area contributed by atoms with Crippen molar-refractivity contribution >= 4 is 17.3 Å². The molecule has 3 nitrogen and oxygen atoms in total. The SMILES string of the molecule is CC(=O)[C@H]1CC[C@H]2[C@@H]3CCC4=CC(=O)CCC4=C3C(c3ccc(N)cc3)C[C@]12C. The van der Waals surface area contributed by atoms with Gasteiger partial charge >= 0.3 is 0 Å². The predicted octanol–water partition coefficient (Wildman–Crippen LogP) is 5.37. The minimum Gasteiger partial charge on any atom is -0.399 e. The van der Waals surface area contributed by atoms with Crippen LogP contribution in [0.4, 0.5) is 5.69 Å². The quantitative estimate of drug-likeness (QED) is 0.691. The molecule has 29 heavy (non-hydrogen) atoms. The number of benzene rings is 1. The molecule has 5 atom stereocenters. The Hall–Kier alpha value is -2.16. The zero-order valence-electron chi connectivity index (χ0n) is 17.5. The summed E-state index contributed by atoms with van der Waals surface area (Å²) in [6.07, 6.45) is 8.81. The maximum atomic E-state index is 12.5. The third kappa shape index (κ3) is 2.85. The molecule has 0 aromatic heterocycles. The Kier molecular flexibility index (Phi) is 4.34. The largest absolute Gasteiger partial charge is 0.399 e. The number of ketones is 2. The van der Waals surface area contributed by atoms with E-state index in [9.17, 15) is 9.59 Å². The van der Waals surface area contributed by atoms with Gasteiger partial charge in [0, 0.05) is 23.9 Å². The summed E-state index contributed by atoms with van der Waals surface area (Å²) in [6.45, 7) is 4.18. The minimum atomic E-state index is 0.0678. The number of anilines is 1. The van der Waals surface area contributed by atoms with Gasteiger partial charge in [-0.2, -0.15) is 0 Å². The first kappa shape index (κ1) is 18.8. The Balaban J connectivity index is 1.67. The number of carbonyl (C=O) groups is 2.